The van der Waals surface area contributed by atoms with Crippen molar-refractivity contribution in [2.45, 2.75) is 262 Å². The number of guanidine groups is 2. The van der Waals surface area contributed by atoms with Crippen molar-refractivity contribution >= 4 is 121 Å². The Morgan fingerprint density at radius 2 is 0.717 bits per heavy atom. The van der Waals surface area contributed by atoms with Gasteiger partial charge in [0.2, 0.25) is 76.8 Å². The van der Waals surface area contributed by atoms with E-state index in [1.807, 2.05) is 128 Å². The fourth-order valence-corrected chi connectivity index (χ4v) is 17.1. The highest BCUT2D eigenvalue weighted by Crippen LogP contribution is 2.29. The maximum atomic E-state index is 15.7. The molecule has 692 valence electrons. The van der Waals surface area contributed by atoms with Crippen molar-refractivity contribution in [2.75, 3.05) is 39.3 Å². The van der Waals surface area contributed by atoms with Crippen LogP contribution in [0.25, 0.3) is 32.7 Å². The summed E-state index contributed by atoms with van der Waals surface area (Å²) < 4.78 is 0. The molecule has 37 nitrogen and oxygen atoms in total. The molecule has 0 unspecified atom stereocenters. The quantitative estimate of drug-likeness (QED) is 0.0148. The van der Waals surface area contributed by atoms with Crippen molar-refractivity contribution in [2.24, 2.45) is 52.3 Å². The van der Waals surface area contributed by atoms with Crippen LogP contribution in [0.1, 0.15) is 181 Å². The number of hydrogen-bond acceptors (Lipinski definition) is 17. The number of H-pyrrole nitrogens is 3. The van der Waals surface area contributed by atoms with Crippen LogP contribution in [0.4, 0.5) is 0 Å². The van der Waals surface area contributed by atoms with Crippen LogP contribution in [-0.4, -0.2) is 236 Å². The van der Waals surface area contributed by atoms with E-state index in [0.29, 0.717) is 55.2 Å². The van der Waals surface area contributed by atoms with Gasteiger partial charge in [0.05, 0.1) is 6.04 Å². The van der Waals surface area contributed by atoms with Gasteiger partial charge in [0.15, 0.2) is 11.9 Å². The van der Waals surface area contributed by atoms with Gasteiger partial charge in [-0.1, -0.05) is 116 Å². The van der Waals surface area contributed by atoms with Crippen molar-refractivity contribution in [3.63, 3.8) is 0 Å². The summed E-state index contributed by atoms with van der Waals surface area (Å²) in [5, 5.41) is 48.8. The molecule has 6 aromatic rings. The minimum absolute atomic E-state index is 0.0334. The third kappa shape index (κ3) is 27.7. The molecule has 3 aliphatic rings. The highest BCUT2D eigenvalue weighted by Gasteiger charge is 2.45. The summed E-state index contributed by atoms with van der Waals surface area (Å²) in [5.74, 6) is -10.0. The second kappa shape index (κ2) is 47.4. The number of carbonyl (C=O) groups excluding carboxylic acids is 13. The van der Waals surface area contributed by atoms with E-state index in [1.165, 1.54) is 14.7 Å². The third-order valence-corrected chi connectivity index (χ3v) is 24.1. The van der Waals surface area contributed by atoms with E-state index >= 15 is 33.6 Å². The Morgan fingerprint density at radius 1 is 0.402 bits per heavy atom. The Hall–Kier alpha value is -12.2. The molecule has 0 radical (unpaired) electrons. The van der Waals surface area contributed by atoms with E-state index in [1.54, 1.807) is 18.6 Å². The van der Waals surface area contributed by atoms with E-state index in [2.05, 4.69) is 73.4 Å². The van der Waals surface area contributed by atoms with Crippen molar-refractivity contribution in [1.82, 2.24) is 88.1 Å². The van der Waals surface area contributed by atoms with Crippen LogP contribution in [0, 0.1) is 34.5 Å². The normalized spacial score (nSPS) is 17.8. The number of primary amides is 1. The van der Waals surface area contributed by atoms with Gasteiger partial charge in [-0.05, 0) is 168 Å². The summed E-state index contributed by atoms with van der Waals surface area (Å²) in [4.78, 5) is 206. The zero-order chi connectivity index (χ0) is 92.3. The van der Waals surface area contributed by atoms with Gasteiger partial charge in [-0.2, -0.15) is 0 Å². The van der Waals surface area contributed by atoms with E-state index in [4.69, 9.17) is 39.5 Å². The molecular weight excluding hydrogens is 1630 g/mol. The first-order valence-electron chi connectivity index (χ1n) is 44.9. The van der Waals surface area contributed by atoms with Crippen LogP contribution in [0.2, 0.25) is 0 Å². The summed E-state index contributed by atoms with van der Waals surface area (Å²) >= 11 is 0. The van der Waals surface area contributed by atoms with Crippen LogP contribution in [0.3, 0.4) is 0 Å². The molecule has 0 bridgehead atoms. The monoisotopic (exact) mass is 1760 g/mol. The van der Waals surface area contributed by atoms with Crippen molar-refractivity contribution in [1.29, 1.82) is 10.8 Å². The zero-order valence-electron chi connectivity index (χ0n) is 74.4. The summed E-state index contributed by atoms with van der Waals surface area (Å²) in [7, 11) is 0. The minimum Gasteiger partial charge on any atom is -0.370 e. The molecule has 0 spiro atoms. The predicted octanol–water partition coefficient (Wildman–Crippen LogP) is 2.15. The smallest absolute Gasteiger partial charge is 0.246 e. The lowest BCUT2D eigenvalue weighted by Crippen LogP contribution is -2.61. The summed E-state index contributed by atoms with van der Waals surface area (Å²) in [5.41, 5.74) is 33.3. The molecule has 9 rings (SSSR count). The number of aromatic nitrogens is 3. The van der Waals surface area contributed by atoms with E-state index in [-0.39, 0.29) is 165 Å². The number of aromatic amines is 3. The van der Waals surface area contributed by atoms with Gasteiger partial charge in [0.25, 0.3) is 0 Å². The van der Waals surface area contributed by atoms with Crippen LogP contribution >= 0.6 is 0 Å². The lowest BCUT2D eigenvalue weighted by molar-refractivity contribution is -0.144. The van der Waals surface area contributed by atoms with Gasteiger partial charge in [0, 0.05) is 103 Å². The number of likely N-dealkylation sites (tertiary alicyclic amines) is 3. The molecule has 3 saturated heterocycles. The Balaban J connectivity index is 0.932. The molecule has 13 amide bonds. The Bertz CT molecular complexity index is 4830. The fourth-order valence-electron chi connectivity index (χ4n) is 17.1. The van der Waals surface area contributed by atoms with Crippen LogP contribution in [0.5, 0.6) is 0 Å². The molecule has 127 heavy (non-hydrogen) atoms. The van der Waals surface area contributed by atoms with Crippen LogP contribution in [-0.2, 0) is 81.6 Å². The molecule has 3 aromatic heterocycles. The first kappa shape index (κ1) is 98.6. The van der Waals surface area contributed by atoms with E-state index < -0.39 is 155 Å². The lowest BCUT2D eigenvalue weighted by Gasteiger charge is -2.33. The standard InChI is InChI=1S/C90H134N24O13/c1-9-53(8)75(92)85(124)111-70(43-52(6)7)87(126)113-39-21-34-74(113)84(123)107-67(44-54-47-100-60-26-13-10-23-57(54)60)80(119)104-64(29-16-17-35-91)78(117)110-71(46-56-49-102-62-28-15-12-25-59(56)62)88(127)114-40-22-32-72(114)82(121)106-66(41-50(2)3)79(118)109-69(42-51(4)5)86(125)112-38-20-33-73(112)83(122)108-68(45-55-48-101-61-27-14-11-24-58(55)61)81(120)105-65(31-19-37-99-90(96)97)77(116)103-63(76(93)115)30-18-36-98-89(94)95/h10-15,23-28,47-53,63-75,100-102H,9,16-22,29-46,91-92H2,1-8H3,(H2,93,115)(H,103,116)(H,104,119)(H,105,120)(H,106,121)(H,107,123)(H,108,122)(H,109,118)(H,110,117)(H,111,124)(H4,94,95,98)(H4,96,97,99)/t53-,63-,64-,65-,66-,67-,68-,69-,70-,71-,72-,73-,74-,75-/m0/s1. The minimum atomic E-state index is -1.38. The van der Waals surface area contributed by atoms with Gasteiger partial charge in [-0.25, -0.2) is 0 Å². The number of unbranched alkanes of at least 4 members (excludes halogenated alkanes) is 1. The van der Waals surface area contributed by atoms with Crippen LogP contribution in [0.15, 0.2) is 91.4 Å². The van der Waals surface area contributed by atoms with Gasteiger partial charge in [0.1, 0.15) is 72.5 Å². The third-order valence-electron chi connectivity index (χ3n) is 24.1. The van der Waals surface area contributed by atoms with E-state index in [0.717, 1.165) is 32.7 Å². The molecule has 37 heteroatoms. The zero-order valence-corrected chi connectivity index (χ0v) is 74.4. The first-order chi connectivity index (χ1) is 60.6. The van der Waals surface area contributed by atoms with Gasteiger partial charge < -0.3 is 117 Å². The number of nitrogens with zero attached hydrogens (tertiary/aromatic N) is 3. The topological polar surface area (TPSA) is 589 Å². The Morgan fingerprint density at radius 3 is 1.09 bits per heavy atom. The van der Waals surface area contributed by atoms with Crippen molar-refractivity contribution < 1.29 is 62.3 Å². The largest absolute Gasteiger partial charge is 0.370 e. The predicted molar refractivity (Wildman–Crippen MR) is 484 cm³/mol. The molecule has 3 fully saturated rings. The number of amides is 13. The van der Waals surface area contributed by atoms with Crippen molar-refractivity contribution in [3.05, 3.63) is 108 Å². The molecule has 14 atom stereocenters. The van der Waals surface area contributed by atoms with E-state index in [9.17, 15) is 28.8 Å². The second-order valence-electron chi connectivity index (χ2n) is 35.3. The Kier molecular flexibility index (Phi) is 36.8. The van der Waals surface area contributed by atoms with Gasteiger partial charge >= 0.3 is 0 Å². The maximum absolute atomic E-state index is 15.7. The summed E-state index contributed by atoms with van der Waals surface area (Å²) in [6.45, 7) is 16.0. The highest BCUT2D eigenvalue weighted by molar-refractivity contribution is 6.02. The fraction of sp³-hybridized carbons (Fsp3) is 0.567. The second-order valence-corrected chi connectivity index (χ2v) is 35.3. The first-order valence-corrected chi connectivity index (χ1v) is 44.9. The molecule has 3 aromatic carbocycles. The average molecular weight is 1760 g/mol. The summed E-state index contributed by atoms with van der Waals surface area (Å²) in [6.07, 6.45) is 9.03. The van der Waals surface area contributed by atoms with Crippen LogP contribution < -0.4 is 87.2 Å². The maximum Gasteiger partial charge on any atom is 0.246 e. The lowest BCUT2D eigenvalue weighted by atomic mass is 9.97. The number of fused-ring (bicyclic) bond motifs is 3. The van der Waals surface area contributed by atoms with Crippen molar-refractivity contribution in [3.8, 4) is 0 Å². The molecule has 3 aliphatic heterocycles. The molecule has 0 saturated carbocycles. The average Bonchev–Trinajstić information content (AvgIpc) is 1.68. The molecule has 26 N–H and O–H groups in total. The Labute approximate surface area is 741 Å². The summed E-state index contributed by atoms with van der Waals surface area (Å²) in [6, 6.07) is 6.46. The number of nitrogens with one attached hydrogen (secondary N) is 16. The molecular formula is C90H134N24O13. The number of benzene rings is 3. The number of carbonyl (C=O) groups is 13. The molecule has 6 heterocycles. The van der Waals surface area contributed by atoms with Gasteiger partial charge in [-0.3, -0.25) is 73.1 Å². The van der Waals surface area contributed by atoms with Gasteiger partial charge in [-0.15, -0.1) is 0 Å². The SMILES string of the molecule is CC[C@H](C)[C@H](N)C(=O)N[C@@H](CC(C)C)C(=O)N1CCC[C@H]1C(=O)N[C@@H](Cc1c[nH]c2ccccc12)C(=O)N[C@@H](CCCCN)C(=O)N[C@@H](Cc1c[nH]c2ccccc12)C(=O)N1CCC[C@H]1C(=O)N[C@@H](CC(C)C)C(=O)N[C@@H](CC(C)C)C(=O)N1CCC[C@H]1C(=O)N[C@@H](Cc1c[nH]c2ccccc12)C(=O)N[C@@H](CCCNC(=N)N)C(=O)N[C@@H](CCCNC(=N)N)C(N)=O. The number of hydrogen-bond donors (Lipinski definition) is 21. The number of para-hydroxylation sites is 3. The number of nitrogens with two attached hydrogens (primary N) is 5. The highest BCUT2D eigenvalue weighted by atomic mass is 16.2. The molecule has 0 aliphatic carbocycles. The number of rotatable bonds is 48.